The molecule has 0 aromatic rings. The first kappa shape index (κ1) is 15.0. The zero-order valence-corrected chi connectivity index (χ0v) is 11.6. The molecule has 104 valence electrons. The third-order valence-electron chi connectivity index (χ3n) is 3.95. The molecule has 1 aliphatic rings. The van der Waals surface area contributed by atoms with Crippen molar-refractivity contribution in [2.45, 2.75) is 46.1 Å². The van der Waals surface area contributed by atoms with E-state index in [9.17, 15) is 14.7 Å². The summed E-state index contributed by atoms with van der Waals surface area (Å²) < 4.78 is 5.25. The largest absolute Gasteiger partial charge is 0.481 e. The van der Waals surface area contributed by atoms with Gasteiger partial charge in [0.05, 0.1) is 17.6 Å². The van der Waals surface area contributed by atoms with Crippen molar-refractivity contribution in [3.05, 3.63) is 0 Å². The summed E-state index contributed by atoms with van der Waals surface area (Å²) >= 11 is 0. The molecule has 1 fully saturated rings. The van der Waals surface area contributed by atoms with Crippen molar-refractivity contribution >= 4 is 11.9 Å². The normalized spacial score (nSPS) is 26.9. The Morgan fingerprint density at radius 3 is 2.50 bits per heavy atom. The van der Waals surface area contributed by atoms with Crippen LogP contribution >= 0.6 is 0 Å². The fourth-order valence-electron chi connectivity index (χ4n) is 2.01. The summed E-state index contributed by atoms with van der Waals surface area (Å²) in [5, 5.41) is 12.2. The van der Waals surface area contributed by atoms with Crippen LogP contribution in [-0.4, -0.2) is 35.7 Å². The summed E-state index contributed by atoms with van der Waals surface area (Å²) in [6, 6.07) is 0. The molecule has 0 aliphatic carbocycles. The van der Waals surface area contributed by atoms with Crippen LogP contribution in [0.5, 0.6) is 0 Å². The van der Waals surface area contributed by atoms with Crippen molar-refractivity contribution in [3.8, 4) is 0 Å². The van der Waals surface area contributed by atoms with Crippen molar-refractivity contribution < 1.29 is 19.4 Å². The highest BCUT2D eigenvalue weighted by atomic mass is 16.5. The van der Waals surface area contributed by atoms with E-state index in [0.717, 1.165) is 6.42 Å². The maximum absolute atomic E-state index is 12.0. The summed E-state index contributed by atoms with van der Waals surface area (Å²) in [5.74, 6) is -1.25. The summed E-state index contributed by atoms with van der Waals surface area (Å²) in [7, 11) is 0. The number of rotatable bonds is 5. The van der Waals surface area contributed by atoms with Crippen LogP contribution in [0.25, 0.3) is 0 Å². The second-order valence-electron chi connectivity index (χ2n) is 5.97. The highest BCUT2D eigenvalue weighted by molar-refractivity contribution is 5.85. The first-order chi connectivity index (χ1) is 8.19. The van der Waals surface area contributed by atoms with Gasteiger partial charge in [0.25, 0.3) is 0 Å². The minimum absolute atomic E-state index is 0.00438. The summed E-state index contributed by atoms with van der Waals surface area (Å²) in [6.07, 6.45) is 0.764. The predicted molar refractivity (Wildman–Crippen MR) is 67.2 cm³/mol. The summed E-state index contributed by atoms with van der Waals surface area (Å²) in [4.78, 5) is 23.3. The lowest BCUT2D eigenvalue weighted by Crippen LogP contribution is -2.49. The topological polar surface area (TPSA) is 75.6 Å². The molecule has 0 bridgehead atoms. The highest BCUT2D eigenvalue weighted by Gasteiger charge is 2.40. The Balaban J connectivity index is 2.65. The molecule has 1 heterocycles. The SMILES string of the molecule is CC(C)C(C)(CC(=O)NC1(C)CCOC1)C(=O)O. The molecule has 1 amide bonds. The molecular weight excluding hydrogens is 234 g/mol. The van der Waals surface area contributed by atoms with Crippen LogP contribution in [0.3, 0.4) is 0 Å². The van der Waals surface area contributed by atoms with Gasteiger partial charge >= 0.3 is 5.97 Å². The van der Waals surface area contributed by atoms with E-state index in [1.54, 1.807) is 6.92 Å². The van der Waals surface area contributed by atoms with Crippen LogP contribution in [0.4, 0.5) is 0 Å². The van der Waals surface area contributed by atoms with Gasteiger partial charge in [0.15, 0.2) is 0 Å². The first-order valence-electron chi connectivity index (χ1n) is 6.32. The Morgan fingerprint density at radius 2 is 2.11 bits per heavy atom. The minimum atomic E-state index is -1.03. The van der Waals surface area contributed by atoms with E-state index in [-0.39, 0.29) is 23.8 Å². The minimum Gasteiger partial charge on any atom is -0.481 e. The van der Waals surface area contributed by atoms with Gasteiger partial charge in [-0.15, -0.1) is 0 Å². The van der Waals surface area contributed by atoms with E-state index in [0.29, 0.717) is 13.2 Å². The average Bonchev–Trinajstić information content (AvgIpc) is 2.63. The zero-order valence-electron chi connectivity index (χ0n) is 11.6. The summed E-state index contributed by atoms with van der Waals surface area (Å²) in [6.45, 7) is 8.31. The lowest BCUT2D eigenvalue weighted by atomic mass is 9.76. The quantitative estimate of drug-likeness (QED) is 0.781. The van der Waals surface area contributed by atoms with Gasteiger partial charge in [-0.3, -0.25) is 9.59 Å². The van der Waals surface area contributed by atoms with Crippen LogP contribution < -0.4 is 5.32 Å². The molecule has 0 aromatic heterocycles. The van der Waals surface area contributed by atoms with Gasteiger partial charge in [-0.1, -0.05) is 13.8 Å². The molecule has 2 unspecified atom stereocenters. The molecule has 2 atom stereocenters. The van der Waals surface area contributed by atoms with Gasteiger partial charge < -0.3 is 15.2 Å². The number of hydrogen-bond donors (Lipinski definition) is 2. The van der Waals surface area contributed by atoms with Gasteiger partial charge in [0, 0.05) is 13.0 Å². The van der Waals surface area contributed by atoms with Crippen molar-refractivity contribution in [3.63, 3.8) is 0 Å². The fourth-order valence-corrected chi connectivity index (χ4v) is 2.01. The van der Waals surface area contributed by atoms with E-state index in [1.165, 1.54) is 0 Å². The van der Waals surface area contributed by atoms with Gasteiger partial charge in [-0.05, 0) is 26.2 Å². The lowest BCUT2D eigenvalue weighted by molar-refractivity contribution is -0.153. The Kier molecular flexibility index (Phi) is 4.37. The van der Waals surface area contributed by atoms with E-state index < -0.39 is 11.4 Å². The molecule has 0 aromatic carbocycles. The maximum atomic E-state index is 12.0. The van der Waals surface area contributed by atoms with Gasteiger partial charge in [0.2, 0.25) is 5.91 Å². The molecule has 0 saturated carbocycles. The van der Waals surface area contributed by atoms with Crippen LogP contribution in [0.15, 0.2) is 0 Å². The molecule has 18 heavy (non-hydrogen) atoms. The van der Waals surface area contributed by atoms with Crippen LogP contribution in [0.2, 0.25) is 0 Å². The molecule has 1 aliphatic heterocycles. The summed E-state index contributed by atoms with van der Waals surface area (Å²) in [5.41, 5.74) is -1.38. The average molecular weight is 257 g/mol. The highest BCUT2D eigenvalue weighted by Crippen LogP contribution is 2.31. The first-order valence-corrected chi connectivity index (χ1v) is 6.32. The third-order valence-corrected chi connectivity index (χ3v) is 3.95. The molecule has 0 spiro atoms. The fraction of sp³-hybridized carbons (Fsp3) is 0.846. The Morgan fingerprint density at radius 1 is 1.50 bits per heavy atom. The number of carbonyl (C=O) groups is 2. The standard InChI is InChI=1S/C13H23NO4/c1-9(2)13(4,11(16)17)7-10(15)14-12(3)5-6-18-8-12/h9H,5-8H2,1-4H3,(H,14,15)(H,16,17). The number of carboxylic acid groups (broad SMARTS) is 1. The number of nitrogens with one attached hydrogen (secondary N) is 1. The predicted octanol–water partition coefficient (Wildman–Crippen LogP) is 1.42. The van der Waals surface area contributed by atoms with E-state index >= 15 is 0 Å². The number of carbonyl (C=O) groups excluding carboxylic acids is 1. The van der Waals surface area contributed by atoms with E-state index in [4.69, 9.17) is 4.74 Å². The monoisotopic (exact) mass is 257 g/mol. The number of aliphatic carboxylic acids is 1. The molecule has 5 heteroatoms. The van der Waals surface area contributed by atoms with E-state index in [2.05, 4.69) is 5.32 Å². The number of carboxylic acids is 1. The zero-order chi connectivity index (χ0) is 14.0. The Labute approximate surface area is 108 Å². The number of amides is 1. The van der Waals surface area contributed by atoms with Crippen molar-refractivity contribution in [2.75, 3.05) is 13.2 Å². The van der Waals surface area contributed by atoms with Crippen LogP contribution in [0.1, 0.15) is 40.5 Å². The molecule has 5 nitrogen and oxygen atoms in total. The number of ether oxygens (including phenoxy) is 1. The van der Waals surface area contributed by atoms with Crippen LogP contribution in [-0.2, 0) is 14.3 Å². The molecule has 2 N–H and O–H groups in total. The molecule has 0 radical (unpaired) electrons. The molecule has 1 rings (SSSR count). The maximum Gasteiger partial charge on any atom is 0.310 e. The van der Waals surface area contributed by atoms with Crippen molar-refractivity contribution in [1.29, 1.82) is 0 Å². The molecular formula is C13H23NO4. The van der Waals surface area contributed by atoms with Gasteiger partial charge in [-0.2, -0.15) is 0 Å². The Hall–Kier alpha value is -1.10. The Bertz CT molecular complexity index is 334. The molecule has 1 saturated heterocycles. The van der Waals surface area contributed by atoms with Crippen molar-refractivity contribution in [2.24, 2.45) is 11.3 Å². The second kappa shape index (κ2) is 5.26. The third kappa shape index (κ3) is 3.22. The number of hydrogen-bond acceptors (Lipinski definition) is 3. The van der Waals surface area contributed by atoms with Crippen LogP contribution in [0, 0.1) is 11.3 Å². The van der Waals surface area contributed by atoms with Crippen molar-refractivity contribution in [1.82, 2.24) is 5.32 Å². The second-order valence-corrected chi connectivity index (χ2v) is 5.97. The van der Waals surface area contributed by atoms with E-state index in [1.807, 2.05) is 20.8 Å². The van der Waals surface area contributed by atoms with Gasteiger partial charge in [0.1, 0.15) is 0 Å². The van der Waals surface area contributed by atoms with Gasteiger partial charge in [-0.25, -0.2) is 0 Å². The lowest BCUT2D eigenvalue weighted by Gasteiger charge is -2.31. The smallest absolute Gasteiger partial charge is 0.310 e.